The highest BCUT2D eigenvalue weighted by molar-refractivity contribution is 5.91. The van der Waals surface area contributed by atoms with E-state index in [9.17, 15) is 9.59 Å². The number of rotatable bonds is 6. The first kappa shape index (κ1) is 16.2. The van der Waals surface area contributed by atoms with Crippen LogP contribution in [0.5, 0.6) is 0 Å². The van der Waals surface area contributed by atoms with E-state index in [-0.39, 0.29) is 30.6 Å². The van der Waals surface area contributed by atoms with Crippen LogP contribution in [0.15, 0.2) is 16.7 Å². The van der Waals surface area contributed by atoms with Crippen molar-refractivity contribution in [3.8, 4) is 0 Å². The Hall–Kier alpha value is -2.64. The minimum absolute atomic E-state index is 0.104. The lowest BCUT2D eigenvalue weighted by molar-refractivity contribution is -0.138. The van der Waals surface area contributed by atoms with Gasteiger partial charge in [0.05, 0.1) is 12.1 Å². The number of aromatic nitrogens is 3. The van der Waals surface area contributed by atoms with Gasteiger partial charge in [-0.05, 0) is 32.1 Å². The maximum absolute atomic E-state index is 12.0. The number of carbonyl (C=O) groups excluding carboxylic acids is 1. The quantitative estimate of drug-likeness (QED) is 0.746. The minimum atomic E-state index is -0.749. The molecule has 8 nitrogen and oxygen atoms in total. The van der Waals surface area contributed by atoms with Gasteiger partial charge in [-0.3, -0.25) is 14.7 Å². The fourth-order valence-corrected chi connectivity index (χ4v) is 3.24. The second-order valence-electron chi connectivity index (χ2n) is 6.34. The van der Waals surface area contributed by atoms with E-state index in [0.717, 1.165) is 30.7 Å². The predicted molar refractivity (Wildman–Crippen MR) is 84.5 cm³/mol. The van der Waals surface area contributed by atoms with E-state index in [1.165, 1.54) is 0 Å². The van der Waals surface area contributed by atoms with Crippen molar-refractivity contribution in [2.75, 3.05) is 5.32 Å². The van der Waals surface area contributed by atoms with Crippen molar-refractivity contribution in [2.24, 2.45) is 5.92 Å². The lowest BCUT2D eigenvalue weighted by Crippen LogP contribution is -2.14. The average molecular weight is 332 g/mol. The lowest BCUT2D eigenvalue weighted by Gasteiger charge is -2.07. The van der Waals surface area contributed by atoms with Crippen molar-refractivity contribution >= 4 is 17.7 Å². The van der Waals surface area contributed by atoms with E-state index in [1.54, 1.807) is 13.0 Å². The number of nitrogens with one attached hydrogen (secondary N) is 2. The first-order valence-electron chi connectivity index (χ1n) is 7.98. The van der Waals surface area contributed by atoms with Crippen molar-refractivity contribution in [1.29, 1.82) is 0 Å². The summed E-state index contributed by atoms with van der Waals surface area (Å²) in [4.78, 5) is 22.8. The Bertz CT molecular complexity index is 736. The van der Waals surface area contributed by atoms with Gasteiger partial charge in [0, 0.05) is 30.2 Å². The van der Waals surface area contributed by atoms with Crippen LogP contribution in [0.25, 0.3) is 0 Å². The van der Waals surface area contributed by atoms with Gasteiger partial charge in [0.15, 0.2) is 5.82 Å². The zero-order valence-electron chi connectivity index (χ0n) is 13.4. The maximum atomic E-state index is 12.0. The van der Waals surface area contributed by atoms with Crippen molar-refractivity contribution in [2.45, 2.75) is 44.9 Å². The van der Waals surface area contributed by atoms with Gasteiger partial charge in [-0.15, -0.1) is 0 Å². The molecule has 1 saturated carbocycles. The number of anilines is 1. The number of nitrogens with zero attached hydrogens (tertiary/aromatic N) is 2. The number of aliphatic carboxylic acids is 1. The highest BCUT2D eigenvalue weighted by Gasteiger charge is 2.28. The Morgan fingerprint density at radius 3 is 2.96 bits per heavy atom. The molecule has 0 unspecified atom stereocenters. The molecule has 0 bridgehead atoms. The average Bonchev–Trinajstić information content (AvgIpc) is 3.20. The summed E-state index contributed by atoms with van der Waals surface area (Å²) in [6, 6.07) is 3.54. The summed E-state index contributed by atoms with van der Waals surface area (Å²) in [5.74, 6) is 0.481. The fraction of sp³-hybridized carbons (Fsp3) is 0.500. The summed E-state index contributed by atoms with van der Waals surface area (Å²) in [7, 11) is 0. The van der Waals surface area contributed by atoms with Gasteiger partial charge in [-0.2, -0.15) is 5.10 Å². The Balaban J connectivity index is 1.54. The molecule has 0 saturated heterocycles. The van der Waals surface area contributed by atoms with Crippen molar-refractivity contribution < 1.29 is 19.2 Å². The summed E-state index contributed by atoms with van der Waals surface area (Å²) >= 11 is 0. The molecular weight excluding hydrogens is 312 g/mol. The van der Waals surface area contributed by atoms with Crippen LogP contribution in [0.2, 0.25) is 0 Å². The number of aromatic amines is 1. The highest BCUT2D eigenvalue weighted by Crippen LogP contribution is 2.39. The molecule has 0 spiro atoms. The molecule has 2 heterocycles. The van der Waals surface area contributed by atoms with E-state index in [4.69, 9.17) is 9.63 Å². The van der Waals surface area contributed by atoms with Crippen molar-refractivity contribution in [1.82, 2.24) is 15.4 Å². The third kappa shape index (κ3) is 4.01. The van der Waals surface area contributed by atoms with Gasteiger partial charge >= 0.3 is 5.97 Å². The number of amides is 1. The maximum Gasteiger partial charge on any atom is 0.303 e. The Kier molecular flexibility index (Phi) is 4.64. The van der Waals surface area contributed by atoms with Crippen LogP contribution in [0.3, 0.4) is 0 Å². The highest BCUT2D eigenvalue weighted by atomic mass is 16.5. The van der Waals surface area contributed by atoms with Crippen LogP contribution in [-0.4, -0.2) is 32.3 Å². The largest absolute Gasteiger partial charge is 0.481 e. The number of H-pyrrole nitrogens is 1. The van der Waals surface area contributed by atoms with Gasteiger partial charge in [-0.25, -0.2) is 0 Å². The number of aryl methyl sites for hydroxylation is 1. The molecule has 0 aromatic carbocycles. The smallest absolute Gasteiger partial charge is 0.303 e. The Morgan fingerprint density at radius 1 is 1.42 bits per heavy atom. The van der Waals surface area contributed by atoms with Crippen LogP contribution in [0.1, 0.15) is 48.7 Å². The zero-order valence-corrected chi connectivity index (χ0v) is 13.4. The van der Waals surface area contributed by atoms with E-state index in [2.05, 4.69) is 20.7 Å². The molecule has 0 aliphatic heterocycles. The SMILES string of the molecule is Cc1cc(CC(=O)Nc2cc([C@@H]3CC[C@@H](CC(=O)O)C3)[nH]n2)on1. The zero-order chi connectivity index (χ0) is 17.1. The van der Waals surface area contributed by atoms with Crippen molar-refractivity contribution in [3.63, 3.8) is 0 Å². The van der Waals surface area contributed by atoms with Gasteiger partial charge in [0.2, 0.25) is 5.91 Å². The summed E-state index contributed by atoms with van der Waals surface area (Å²) in [6.45, 7) is 1.80. The molecule has 1 aliphatic carbocycles. The molecule has 2 aromatic rings. The monoisotopic (exact) mass is 332 g/mol. The van der Waals surface area contributed by atoms with E-state index in [0.29, 0.717) is 11.6 Å². The molecular formula is C16H20N4O4. The molecule has 1 amide bonds. The summed E-state index contributed by atoms with van der Waals surface area (Å²) in [6.07, 6.45) is 2.99. The number of carbonyl (C=O) groups is 2. The molecule has 2 atom stereocenters. The normalized spacial score (nSPS) is 20.2. The second-order valence-corrected chi connectivity index (χ2v) is 6.34. The van der Waals surface area contributed by atoms with E-state index in [1.807, 2.05) is 6.07 Å². The predicted octanol–water partition coefficient (Wildman–Crippen LogP) is 2.25. The van der Waals surface area contributed by atoms with Crippen LogP contribution in [0.4, 0.5) is 5.82 Å². The van der Waals surface area contributed by atoms with Gasteiger partial charge in [-0.1, -0.05) is 5.16 Å². The van der Waals surface area contributed by atoms with Crippen LogP contribution in [-0.2, 0) is 16.0 Å². The Morgan fingerprint density at radius 2 is 2.25 bits per heavy atom. The number of hydrogen-bond acceptors (Lipinski definition) is 5. The first-order chi connectivity index (χ1) is 11.5. The van der Waals surface area contributed by atoms with Crippen LogP contribution < -0.4 is 5.32 Å². The molecule has 1 fully saturated rings. The third-order valence-electron chi connectivity index (χ3n) is 4.32. The van der Waals surface area contributed by atoms with E-state index < -0.39 is 5.97 Å². The van der Waals surface area contributed by atoms with Crippen molar-refractivity contribution in [3.05, 3.63) is 29.3 Å². The molecule has 2 aromatic heterocycles. The van der Waals surface area contributed by atoms with Gasteiger partial charge in [0.25, 0.3) is 0 Å². The summed E-state index contributed by atoms with van der Waals surface area (Å²) in [5.41, 5.74) is 1.67. The topological polar surface area (TPSA) is 121 Å². The van der Waals surface area contributed by atoms with E-state index >= 15 is 0 Å². The molecule has 128 valence electrons. The molecule has 0 radical (unpaired) electrons. The number of hydrogen-bond donors (Lipinski definition) is 3. The van der Waals surface area contributed by atoms with Gasteiger partial charge < -0.3 is 14.9 Å². The number of carboxylic acid groups (broad SMARTS) is 1. The minimum Gasteiger partial charge on any atom is -0.481 e. The molecule has 24 heavy (non-hydrogen) atoms. The molecule has 8 heteroatoms. The van der Waals surface area contributed by atoms with Crippen LogP contribution in [0, 0.1) is 12.8 Å². The lowest BCUT2D eigenvalue weighted by atomic mass is 10.00. The first-order valence-corrected chi connectivity index (χ1v) is 7.98. The van der Waals surface area contributed by atoms with Crippen LogP contribution >= 0.6 is 0 Å². The fourth-order valence-electron chi connectivity index (χ4n) is 3.24. The molecule has 3 rings (SSSR count). The summed E-state index contributed by atoms with van der Waals surface area (Å²) in [5, 5.41) is 22.4. The third-order valence-corrected chi connectivity index (χ3v) is 4.32. The Labute approximate surface area is 138 Å². The van der Waals surface area contributed by atoms with Gasteiger partial charge in [0.1, 0.15) is 5.76 Å². The second kappa shape index (κ2) is 6.86. The molecule has 1 aliphatic rings. The summed E-state index contributed by atoms with van der Waals surface area (Å²) < 4.78 is 5.02. The standard InChI is InChI=1S/C16H20N4O4/c1-9-4-12(24-20-9)7-15(21)17-14-8-13(18-19-14)11-3-2-10(5-11)6-16(22)23/h4,8,10-11H,2-3,5-7H2,1H3,(H,22,23)(H2,17,18,19,21)/t10-,11-/m1/s1. The molecule has 3 N–H and O–H groups in total. The number of carboxylic acids is 1.